The molecule has 0 atom stereocenters. The first kappa shape index (κ1) is 11.6. The van der Waals surface area contributed by atoms with Crippen molar-refractivity contribution in [3.05, 3.63) is 17.2 Å². The van der Waals surface area contributed by atoms with Crippen LogP contribution in [0.25, 0.3) is 0 Å². The van der Waals surface area contributed by atoms with Crippen molar-refractivity contribution < 1.29 is 4.74 Å². The van der Waals surface area contributed by atoms with Crippen molar-refractivity contribution in [3.63, 3.8) is 0 Å². The zero-order valence-electron chi connectivity index (χ0n) is 10.5. The third-order valence-electron chi connectivity index (χ3n) is 3.40. The maximum atomic E-state index is 5.08. The molecule has 1 aliphatic carbocycles. The zero-order chi connectivity index (χ0) is 11.4. The Morgan fingerprint density at radius 1 is 1.25 bits per heavy atom. The third-order valence-corrected chi connectivity index (χ3v) is 3.40. The van der Waals surface area contributed by atoms with Gasteiger partial charge in [-0.05, 0) is 45.4 Å². The molecule has 0 saturated carbocycles. The molecular formula is C13H22N2O. The Bertz CT molecular complexity index is 344. The van der Waals surface area contributed by atoms with Crippen LogP contribution >= 0.6 is 0 Å². The molecule has 0 spiro atoms. The van der Waals surface area contributed by atoms with Gasteiger partial charge in [-0.25, -0.2) is 4.98 Å². The highest BCUT2D eigenvalue weighted by atomic mass is 16.5. The number of methoxy groups -OCH3 is 1. The van der Waals surface area contributed by atoms with E-state index in [-0.39, 0.29) is 0 Å². The van der Waals surface area contributed by atoms with Crippen LogP contribution in [0.15, 0.2) is 0 Å². The van der Waals surface area contributed by atoms with Gasteiger partial charge in [-0.3, -0.25) is 0 Å². The Labute approximate surface area is 97.8 Å². The van der Waals surface area contributed by atoms with Crippen molar-refractivity contribution in [2.24, 2.45) is 0 Å². The van der Waals surface area contributed by atoms with Gasteiger partial charge in [-0.1, -0.05) is 0 Å². The van der Waals surface area contributed by atoms with E-state index in [2.05, 4.69) is 16.5 Å². The van der Waals surface area contributed by atoms with E-state index in [0.717, 1.165) is 19.6 Å². The molecular weight excluding hydrogens is 200 g/mol. The minimum atomic E-state index is 0.871. The van der Waals surface area contributed by atoms with Gasteiger partial charge in [-0.2, -0.15) is 0 Å². The molecule has 1 aromatic rings. The number of ether oxygens (including phenoxy) is 1. The highest BCUT2D eigenvalue weighted by molar-refractivity contribution is 5.19. The molecule has 0 aromatic carbocycles. The molecule has 0 radical (unpaired) electrons. The second-order valence-electron chi connectivity index (χ2n) is 4.61. The molecule has 0 aliphatic heterocycles. The fourth-order valence-corrected chi connectivity index (χ4v) is 2.55. The first-order valence-electron chi connectivity index (χ1n) is 6.36. The van der Waals surface area contributed by atoms with Crippen molar-refractivity contribution >= 4 is 0 Å². The minimum Gasteiger partial charge on any atom is -0.385 e. The Kier molecular flexibility index (Phi) is 3.99. The van der Waals surface area contributed by atoms with Crippen LogP contribution in [0.1, 0.15) is 42.9 Å². The maximum Gasteiger partial charge on any atom is 0.106 e. The molecule has 0 amide bonds. The largest absolute Gasteiger partial charge is 0.385 e. The molecule has 1 aliphatic rings. The number of unbranched alkanes of at least 4 members (excludes halogenated alkanes) is 1. The quantitative estimate of drug-likeness (QED) is 0.716. The van der Waals surface area contributed by atoms with Crippen molar-refractivity contribution in [2.45, 2.75) is 52.0 Å². The molecule has 0 bridgehead atoms. The van der Waals surface area contributed by atoms with Crippen LogP contribution in [0.3, 0.4) is 0 Å². The maximum absolute atomic E-state index is 5.08. The summed E-state index contributed by atoms with van der Waals surface area (Å²) < 4.78 is 7.50. The van der Waals surface area contributed by atoms with E-state index >= 15 is 0 Å². The second-order valence-corrected chi connectivity index (χ2v) is 4.61. The van der Waals surface area contributed by atoms with Crippen LogP contribution in [0.5, 0.6) is 0 Å². The highest BCUT2D eigenvalue weighted by Gasteiger charge is 2.17. The molecule has 0 N–H and O–H groups in total. The molecule has 16 heavy (non-hydrogen) atoms. The van der Waals surface area contributed by atoms with Crippen molar-refractivity contribution in [1.82, 2.24) is 9.55 Å². The van der Waals surface area contributed by atoms with Gasteiger partial charge in [0.25, 0.3) is 0 Å². The van der Waals surface area contributed by atoms with Crippen molar-refractivity contribution in [2.75, 3.05) is 13.7 Å². The van der Waals surface area contributed by atoms with Crippen LogP contribution in [0.4, 0.5) is 0 Å². The van der Waals surface area contributed by atoms with Gasteiger partial charge in [0.2, 0.25) is 0 Å². The van der Waals surface area contributed by atoms with Crippen molar-refractivity contribution in [3.8, 4) is 0 Å². The lowest BCUT2D eigenvalue weighted by Gasteiger charge is -2.14. The van der Waals surface area contributed by atoms with Gasteiger partial charge in [0.15, 0.2) is 0 Å². The van der Waals surface area contributed by atoms with Crippen LogP contribution in [-0.2, 0) is 24.1 Å². The Morgan fingerprint density at radius 2 is 2.06 bits per heavy atom. The van der Waals surface area contributed by atoms with E-state index in [0.29, 0.717) is 0 Å². The Morgan fingerprint density at radius 3 is 2.88 bits per heavy atom. The predicted molar refractivity (Wildman–Crippen MR) is 64.7 cm³/mol. The van der Waals surface area contributed by atoms with Crippen LogP contribution in [0.2, 0.25) is 0 Å². The van der Waals surface area contributed by atoms with E-state index in [1.54, 1.807) is 7.11 Å². The Hall–Kier alpha value is -0.830. The summed E-state index contributed by atoms with van der Waals surface area (Å²) in [5, 5.41) is 0. The Balaban J connectivity index is 1.99. The molecule has 0 saturated heterocycles. The second kappa shape index (κ2) is 5.48. The molecule has 0 fully saturated rings. The number of imidazole rings is 1. The number of rotatable bonds is 5. The van der Waals surface area contributed by atoms with Gasteiger partial charge in [-0.15, -0.1) is 0 Å². The summed E-state index contributed by atoms with van der Waals surface area (Å²) in [6, 6.07) is 0. The van der Waals surface area contributed by atoms with Crippen LogP contribution in [0, 0.1) is 6.92 Å². The summed E-state index contributed by atoms with van der Waals surface area (Å²) >= 11 is 0. The average molecular weight is 222 g/mol. The topological polar surface area (TPSA) is 27.1 Å². The fraction of sp³-hybridized carbons (Fsp3) is 0.769. The number of fused-ring (bicyclic) bond motifs is 1. The molecule has 1 heterocycles. The van der Waals surface area contributed by atoms with Crippen LogP contribution < -0.4 is 0 Å². The number of nitrogens with zero attached hydrogens (tertiary/aromatic N) is 2. The summed E-state index contributed by atoms with van der Waals surface area (Å²) in [6.07, 6.45) is 7.38. The smallest absolute Gasteiger partial charge is 0.106 e. The first-order chi connectivity index (χ1) is 7.83. The molecule has 90 valence electrons. The molecule has 1 aromatic heterocycles. The summed E-state index contributed by atoms with van der Waals surface area (Å²) in [4.78, 5) is 4.68. The summed E-state index contributed by atoms with van der Waals surface area (Å²) in [6.45, 7) is 4.11. The van der Waals surface area contributed by atoms with Crippen molar-refractivity contribution in [1.29, 1.82) is 0 Å². The molecule has 3 heteroatoms. The number of hydrogen-bond donors (Lipinski definition) is 0. The normalized spacial score (nSPS) is 15.1. The van der Waals surface area contributed by atoms with Gasteiger partial charge < -0.3 is 9.30 Å². The standard InChI is InChI=1S/C13H22N2O/c1-11-14-12-7-3-4-8-13(12)15(11)9-5-6-10-16-2/h3-10H2,1-2H3. The lowest BCUT2D eigenvalue weighted by atomic mass is 10.0. The summed E-state index contributed by atoms with van der Waals surface area (Å²) in [7, 11) is 1.77. The van der Waals surface area contributed by atoms with Gasteiger partial charge in [0.05, 0.1) is 5.69 Å². The number of aryl methyl sites for hydroxylation is 2. The van der Waals surface area contributed by atoms with E-state index in [1.807, 2.05) is 0 Å². The summed E-state index contributed by atoms with van der Waals surface area (Å²) in [5.74, 6) is 1.20. The highest BCUT2D eigenvalue weighted by Crippen LogP contribution is 2.22. The first-order valence-corrected chi connectivity index (χ1v) is 6.36. The van der Waals surface area contributed by atoms with E-state index in [4.69, 9.17) is 4.74 Å². The molecule has 3 nitrogen and oxygen atoms in total. The summed E-state index contributed by atoms with van der Waals surface area (Å²) in [5.41, 5.74) is 2.86. The van der Waals surface area contributed by atoms with Gasteiger partial charge >= 0.3 is 0 Å². The molecule has 2 rings (SSSR count). The van der Waals surface area contributed by atoms with Crippen LogP contribution in [-0.4, -0.2) is 23.3 Å². The average Bonchev–Trinajstić information content (AvgIpc) is 2.61. The zero-order valence-corrected chi connectivity index (χ0v) is 10.5. The monoisotopic (exact) mass is 222 g/mol. The molecule has 0 unspecified atom stereocenters. The van der Waals surface area contributed by atoms with Gasteiger partial charge in [0, 0.05) is 26.0 Å². The third kappa shape index (κ3) is 2.46. The lowest BCUT2D eigenvalue weighted by molar-refractivity contribution is 0.191. The van der Waals surface area contributed by atoms with E-state index in [1.165, 1.54) is 49.3 Å². The fourth-order valence-electron chi connectivity index (χ4n) is 2.55. The lowest BCUT2D eigenvalue weighted by Crippen LogP contribution is -2.10. The predicted octanol–water partition coefficient (Wildman–Crippen LogP) is 2.50. The van der Waals surface area contributed by atoms with Gasteiger partial charge in [0.1, 0.15) is 5.82 Å². The van der Waals surface area contributed by atoms with E-state index < -0.39 is 0 Å². The minimum absolute atomic E-state index is 0.871. The number of hydrogen-bond acceptors (Lipinski definition) is 2. The SMILES string of the molecule is COCCCCn1c(C)nc2c1CCCC2. The van der Waals surface area contributed by atoms with E-state index in [9.17, 15) is 0 Å². The number of aromatic nitrogens is 2.